The standard InChI is InChI=1S/C18H32N4O4S/c1-13-17(15(3)26-20-13)27(24,25)21-14(2)18(23)19-11-8-12-22(4)16-9-6-5-7-10-16/h14,16,21H,5-12H2,1-4H3,(H,19,23)/t14-/m0/s1. The summed E-state index contributed by atoms with van der Waals surface area (Å²) in [6, 6.07) is -0.227. The summed E-state index contributed by atoms with van der Waals surface area (Å²) in [5.41, 5.74) is 0.276. The molecule has 27 heavy (non-hydrogen) atoms. The minimum Gasteiger partial charge on any atom is -0.360 e. The molecule has 1 amide bonds. The number of hydrogen-bond donors (Lipinski definition) is 2. The third-order valence-corrected chi connectivity index (χ3v) is 6.93. The van der Waals surface area contributed by atoms with Crippen LogP contribution < -0.4 is 10.0 Å². The Bertz CT molecular complexity index is 706. The van der Waals surface area contributed by atoms with Gasteiger partial charge in [-0.2, -0.15) is 4.72 Å². The zero-order valence-corrected chi connectivity index (χ0v) is 17.6. The van der Waals surface area contributed by atoms with Gasteiger partial charge in [0, 0.05) is 12.6 Å². The van der Waals surface area contributed by atoms with Gasteiger partial charge in [0.15, 0.2) is 5.76 Å². The maximum atomic E-state index is 12.4. The minimum atomic E-state index is -3.86. The molecule has 0 aliphatic heterocycles. The van der Waals surface area contributed by atoms with Gasteiger partial charge in [0.2, 0.25) is 15.9 Å². The Morgan fingerprint density at radius 1 is 1.30 bits per heavy atom. The van der Waals surface area contributed by atoms with Crippen molar-refractivity contribution in [2.45, 2.75) is 76.3 Å². The predicted molar refractivity (Wildman–Crippen MR) is 103 cm³/mol. The molecule has 8 nitrogen and oxygen atoms in total. The molecule has 1 atom stereocenters. The highest BCUT2D eigenvalue weighted by Gasteiger charge is 2.28. The van der Waals surface area contributed by atoms with Crippen molar-refractivity contribution in [3.05, 3.63) is 11.5 Å². The van der Waals surface area contributed by atoms with Crippen LogP contribution in [0.25, 0.3) is 0 Å². The van der Waals surface area contributed by atoms with Crippen molar-refractivity contribution in [3.63, 3.8) is 0 Å². The maximum Gasteiger partial charge on any atom is 0.246 e. The van der Waals surface area contributed by atoms with E-state index >= 15 is 0 Å². The number of hydrogen-bond acceptors (Lipinski definition) is 6. The summed E-state index contributed by atoms with van der Waals surface area (Å²) in [4.78, 5) is 14.6. The summed E-state index contributed by atoms with van der Waals surface area (Å²) in [5.74, 6) is -0.135. The molecule has 154 valence electrons. The first-order valence-electron chi connectivity index (χ1n) is 9.65. The zero-order chi connectivity index (χ0) is 20.0. The number of sulfonamides is 1. The lowest BCUT2D eigenvalue weighted by Crippen LogP contribution is -2.45. The van der Waals surface area contributed by atoms with Crippen LogP contribution in [-0.4, -0.2) is 56.6 Å². The van der Waals surface area contributed by atoms with Gasteiger partial charge in [-0.05, 0) is 53.6 Å². The molecule has 1 aromatic heterocycles. The molecule has 1 fully saturated rings. The molecule has 1 aromatic rings. The van der Waals surface area contributed by atoms with Gasteiger partial charge in [0.25, 0.3) is 0 Å². The molecule has 0 bridgehead atoms. The van der Waals surface area contributed by atoms with Crippen LogP contribution in [0.3, 0.4) is 0 Å². The van der Waals surface area contributed by atoms with Crippen LogP contribution in [0, 0.1) is 13.8 Å². The van der Waals surface area contributed by atoms with Crippen LogP contribution in [0.4, 0.5) is 0 Å². The van der Waals surface area contributed by atoms with Crippen molar-refractivity contribution in [2.24, 2.45) is 0 Å². The molecule has 0 aromatic carbocycles. The minimum absolute atomic E-state index is 0.00347. The number of nitrogens with zero attached hydrogens (tertiary/aromatic N) is 2. The molecule has 2 rings (SSSR count). The number of amides is 1. The van der Waals surface area contributed by atoms with Crippen molar-refractivity contribution in [1.29, 1.82) is 0 Å². The van der Waals surface area contributed by atoms with Gasteiger partial charge in [-0.25, -0.2) is 8.42 Å². The van der Waals surface area contributed by atoms with E-state index in [0.717, 1.165) is 13.0 Å². The van der Waals surface area contributed by atoms with Crippen LogP contribution in [0.15, 0.2) is 9.42 Å². The van der Waals surface area contributed by atoms with Crippen molar-refractivity contribution < 1.29 is 17.7 Å². The lowest BCUT2D eigenvalue weighted by molar-refractivity contribution is -0.122. The first-order chi connectivity index (χ1) is 12.7. The van der Waals surface area contributed by atoms with Crippen LogP contribution in [0.5, 0.6) is 0 Å². The van der Waals surface area contributed by atoms with Crippen LogP contribution in [-0.2, 0) is 14.8 Å². The number of nitrogens with one attached hydrogen (secondary N) is 2. The smallest absolute Gasteiger partial charge is 0.246 e. The van der Waals surface area contributed by atoms with E-state index in [2.05, 4.69) is 27.1 Å². The number of rotatable bonds is 9. The fourth-order valence-corrected chi connectivity index (χ4v) is 5.13. The fourth-order valence-electron chi connectivity index (χ4n) is 3.60. The van der Waals surface area contributed by atoms with Gasteiger partial charge >= 0.3 is 0 Å². The maximum absolute atomic E-state index is 12.4. The topological polar surface area (TPSA) is 105 Å². The molecule has 1 heterocycles. The third-order valence-electron chi connectivity index (χ3n) is 5.15. The quantitative estimate of drug-likeness (QED) is 0.612. The Morgan fingerprint density at radius 2 is 1.96 bits per heavy atom. The van der Waals surface area contributed by atoms with E-state index in [1.807, 2.05) is 0 Å². The third kappa shape index (κ3) is 6.02. The van der Waals surface area contributed by atoms with Gasteiger partial charge in [-0.15, -0.1) is 0 Å². The average molecular weight is 401 g/mol. The molecule has 2 N–H and O–H groups in total. The van der Waals surface area contributed by atoms with E-state index in [0.29, 0.717) is 12.6 Å². The molecule has 0 radical (unpaired) electrons. The first kappa shape index (κ1) is 21.8. The summed E-state index contributed by atoms with van der Waals surface area (Å²) in [6.45, 7) is 6.05. The predicted octanol–water partition coefficient (Wildman–Crippen LogP) is 1.73. The zero-order valence-electron chi connectivity index (χ0n) is 16.7. The SMILES string of the molecule is Cc1noc(C)c1S(=O)(=O)N[C@@H](C)C(=O)NCCCN(C)C1CCCCC1. The lowest BCUT2D eigenvalue weighted by atomic mass is 9.94. The molecule has 0 saturated heterocycles. The summed E-state index contributed by atoms with van der Waals surface area (Å²) < 4.78 is 32.2. The van der Waals surface area contributed by atoms with Crippen molar-refractivity contribution in [1.82, 2.24) is 20.1 Å². The number of aryl methyl sites for hydroxylation is 2. The van der Waals surface area contributed by atoms with Crippen LogP contribution in [0.1, 0.15) is 56.9 Å². The molecule has 0 unspecified atom stereocenters. The largest absolute Gasteiger partial charge is 0.360 e. The van der Waals surface area contributed by atoms with Crippen molar-refractivity contribution in [2.75, 3.05) is 20.1 Å². The number of carbonyl (C=O) groups excluding carboxylic acids is 1. The molecule has 1 aliphatic rings. The molecule has 0 spiro atoms. The molecule has 1 saturated carbocycles. The number of aromatic nitrogens is 1. The van der Waals surface area contributed by atoms with E-state index in [1.54, 1.807) is 6.92 Å². The highest BCUT2D eigenvalue weighted by Crippen LogP contribution is 2.21. The average Bonchev–Trinajstić information content (AvgIpc) is 2.97. The van der Waals surface area contributed by atoms with Crippen LogP contribution >= 0.6 is 0 Å². The van der Waals surface area contributed by atoms with Crippen LogP contribution in [0.2, 0.25) is 0 Å². The molecule has 1 aliphatic carbocycles. The van der Waals surface area contributed by atoms with Gasteiger partial charge < -0.3 is 14.7 Å². The second kappa shape index (κ2) is 9.66. The van der Waals surface area contributed by atoms with Gasteiger partial charge in [0.1, 0.15) is 10.6 Å². The Morgan fingerprint density at radius 3 is 2.56 bits per heavy atom. The number of carbonyl (C=O) groups is 1. The summed E-state index contributed by atoms with van der Waals surface area (Å²) in [6.07, 6.45) is 7.28. The summed E-state index contributed by atoms with van der Waals surface area (Å²) in [7, 11) is -1.72. The Hall–Kier alpha value is -1.45. The van der Waals surface area contributed by atoms with E-state index < -0.39 is 16.1 Å². The normalized spacial score (nSPS) is 17.2. The van der Waals surface area contributed by atoms with E-state index in [1.165, 1.54) is 46.0 Å². The lowest BCUT2D eigenvalue weighted by Gasteiger charge is -2.31. The second-order valence-corrected chi connectivity index (χ2v) is 9.06. The second-order valence-electron chi connectivity index (χ2n) is 7.41. The molecule has 9 heteroatoms. The van der Waals surface area contributed by atoms with E-state index in [9.17, 15) is 13.2 Å². The van der Waals surface area contributed by atoms with Gasteiger partial charge in [-0.1, -0.05) is 24.4 Å². The van der Waals surface area contributed by atoms with E-state index in [-0.39, 0.29) is 22.3 Å². The first-order valence-corrected chi connectivity index (χ1v) is 11.1. The molecular formula is C18H32N4O4S. The van der Waals surface area contributed by atoms with E-state index in [4.69, 9.17) is 4.52 Å². The van der Waals surface area contributed by atoms with Gasteiger partial charge in [-0.3, -0.25) is 4.79 Å². The summed E-state index contributed by atoms with van der Waals surface area (Å²) in [5, 5.41) is 6.46. The fraction of sp³-hybridized carbons (Fsp3) is 0.778. The van der Waals surface area contributed by atoms with Crippen molar-refractivity contribution in [3.8, 4) is 0 Å². The highest BCUT2D eigenvalue weighted by atomic mass is 32.2. The highest BCUT2D eigenvalue weighted by molar-refractivity contribution is 7.89. The Labute approximate surface area is 162 Å². The monoisotopic (exact) mass is 400 g/mol. The van der Waals surface area contributed by atoms with Gasteiger partial charge in [0.05, 0.1) is 6.04 Å². The summed E-state index contributed by atoms with van der Waals surface area (Å²) >= 11 is 0. The van der Waals surface area contributed by atoms with Crippen molar-refractivity contribution >= 4 is 15.9 Å². The Kier molecular flexibility index (Phi) is 7.81. The molecular weight excluding hydrogens is 368 g/mol. The Balaban J connectivity index is 1.75.